The first kappa shape index (κ1) is 96.6. The molecule has 0 fully saturated rings. The van der Waals surface area contributed by atoms with Crippen LogP contribution in [-0.2, 0) is 35.2 Å². The lowest BCUT2D eigenvalue weighted by molar-refractivity contribution is -0.135. The molecule has 39 heteroatoms. The number of benzene rings is 10. The number of hydrogen-bond donors (Lipinski definition) is 23. The zero-order chi connectivity index (χ0) is 99.9. The van der Waals surface area contributed by atoms with E-state index in [0.717, 1.165) is 158 Å². The Morgan fingerprint density at radius 1 is 0.257 bits per heavy atom. The van der Waals surface area contributed by atoms with Crippen LogP contribution in [0.4, 0.5) is 0 Å². The van der Waals surface area contributed by atoms with Gasteiger partial charge in [0.15, 0.2) is 11.6 Å². The summed E-state index contributed by atoms with van der Waals surface area (Å²) in [6.45, 7) is 0. The summed E-state index contributed by atoms with van der Waals surface area (Å²) in [6.07, 6.45) is 9.38. The van der Waals surface area contributed by atoms with Gasteiger partial charge in [0.1, 0.15) is 130 Å². The van der Waals surface area contributed by atoms with Gasteiger partial charge in [0.05, 0.1) is 0 Å². The molecule has 39 nitrogen and oxygen atoms in total. The average molecular weight is 1850 g/mol. The summed E-state index contributed by atoms with van der Waals surface area (Å²) >= 11 is 0. The Kier molecular flexibility index (Phi) is 27.9. The van der Waals surface area contributed by atoms with E-state index in [1.807, 2.05) is 0 Å². The third kappa shape index (κ3) is 20.6. The van der Waals surface area contributed by atoms with Gasteiger partial charge in [-0.2, -0.15) is 0 Å². The summed E-state index contributed by atoms with van der Waals surface area (Å²) in [7, 11) is 0. The van der Waals surface area contributed by atoms with E-state index >= 15 is 0 Å². The number of ketones is 3. The molecule has 0 saturated carbocycles. The van der Waals surface area contributed by atoms with E-state index in [2.05, 4.69) is 0 Å². The number of phenols is 10. The van der Waals surface area contributed by atoms with Crippen LogP contribution in [0.3, 0.4) is 0 Å². The number of rotatable bonds is 26. The van der Waals surface area contributed by atoms with Crippen molar-refractivity contribution in [3.63, 3.8) is 0 Å². The van der Waals surface area contributed by atoms with Crippen LogP contribution >= 0.6 is 0 Å². The van der Waals surface area contributed by atoms with Gasteiger partial charge >= 0.3 is 77.6 Å². The molecule has 13 rings (SSSR count). The Morgan fingerprint density at radius 2 is 0.544 bits per heavy atom. The largest absolute Gasteiger partial charge is 0.507 e. The summed E-state index contributed by atoms with van der Waals surface area (Å²) in [5, 5.41) is 229. The summed E-state index contributed by atoms with van der Waals surface area (Å²) in [5.41, 5.74) is -7.89. The second-order valence-corrected chi connectivity index (χ2v) is 29.5. The topological polar surface area (TPSA) is 738 Å². The second kappa shape index (κ2) is 39.3. The van der Waals surface area contributed by atoms with Crippen molar-refractivity contribution in [1.29, 1.82) is 0 Å². The number of carbonyl (C=O) groups excluding carboxylic acids is 3. The van der Waals surface area contributed by atoms with Crippen LogP contribution in [-0.4, -0.2) is 212 Å². The number of carbonyl (C=O) groups is 16. The van der Waals surface area contributed by atoms with Gasteiger partial charge in [-0.25, -0.2) is 62.3 Å². The second-order valence-electron chi connectivity index (χ2n) is 29.5. The zero-order valence-corrected chi connectivity index (χ0v) is 68.5. The maximum absolute atomic E-state index is 14.1. The van der Waals surface area contributed by atoms with E-state index < -0.39 is 249 Å². The molecule has 0 saturated heterocycles. The SMILES string of the molecule is O=C(O)C1=C/C(=C\c2cc(C(c3ccc(O)c(C(=O)O)c3)c3ccc(O)c(C(=O)O)c3)cc(C(=O)O)c2O)C=CC1=O.O=C(O)C1=CC(=C(c2ccc(O)c(C(=O)O)c2)c2ccc(O)c(C(=O)O)c2)C=CC1=O.O=C(O)C1=CC(Cc2cc(C(c3ccc(O)c(C(=O)O)c3)c3ccc(O)c(C(=O)O)c3)cc(C(=O)O)c2O)=CC(=C(c2ccc(O)c(C(=O)O)c2)c2ccc(O)c(C(=O)O)c2)C1=O. The number of aromatic hydroxyl groups is 10. The molecular weight excluding hydrogens is 1790 g/mol. The minimum atomic E-state index is -1.77. The summed E-state index contributed by atoms with van der Waals surface area (Å²) < 4.78 is 0. The Labute approximate surface area is 758 Å². The molecule has 0 bridgehead atoms. The van der Waals surface area contributed by atoms with Gasteiger partial charge in [-0.3, -0.25) is 14.4 Å². The third-order valence-corrected chi connectivity index (χ3v) is 21.0. The highest BCUT2D eigenvalue weighted by Gasteiger charge is 2.35. The maximum atomic E-state index is 14.1. The minimum Gasteiger partial charge on any atom is -0.507 e. The molecule has 136 heavy (non-hydrogen) atoms. The highest BCUT2D eigenvalue weighted by molar-refractivity contribution is 6.29. The van der Waals surface area contributed by atoms with Crippen molar-refractivity contribution in [2.75, 3.05) is 0 Å². The Balaban J connectivity index is 0.000000210. The average Bonchev–Trinajstić information content (AvgIpc) is 0.759. The Hall–Kier alpha value is -20.0. The predicted octanol–water partition coefficient (Wildman–Crippen LogP) is 11.5. The summed E-state index contributed by atoms with van der Waals surface area (Å²) in [6, 6.07) is 31.7. The van der Waals surface area contributed by atoms with Crippen LogP contribution in [0.5, 0.6) is 57.5 Å². The number of allylic oxidation sites excluding steroid dienone is 12. The van der Waals surface area contributed by atoms with Gasteiger partial charge in [0.2, 0.25) is 5.78 Å². The van der Waals surface area contributed by atoms with Crippen LogP contribution in [0.15, 0.2) is 257 Å². The van der Waals surface area contributed by atoms with Crippen molar-refractivity contribution in [2.45, 2.75) is 18.3 Å². The fourth-order valence-electron chi connectivity index (χ4n) is 14.7. The van der Waals surface area contributed by atoms with E-state index in [1.165, 1.54) is 66.8 Å². The minimum absolute atomic E-state index is 0.0359. The molecule has 10 aromatic carbocycles. The lowest BCUT2D eigenvalue weighted by Crippen LogP contribution is -2.19. The first-order valence-corrected chi connectivity index (χ1v) is 38.5. The summed E-state index contributed by atoms with van der Waals surface area (Å²) in [5.74, 6) is -31.7. The number of hydrogen-bond acceptors (Lipinski definition) is 26. The van der Waals surface area contributed by atoms with Crippen LogP contribution in [0, 0.1) is 0 Å². The third-order valence-electron chi connectivity index (χ3n) is 21.0. The molecular formula is C97H64O39. The van der Waals surface area contributed by atoms with Gasteiger partial charge < -0.3 is 117 Å². The standard InChI is InChI=1S/C45H30O18.C30H20O12.C22H14O9/c46-32-5-1-19(13-25(32)40(52)53)36(20-2-6-33(47)26(14-20)41(54)55)23-12-24(38(50)31(17-23)45(62)63)9-18-10-29(39(51)30(11-18)44(60)61)37(21-3-7-34(48)27(15-21)42(56)57)22-4-8-35(49)28(16-22)43(58)59;31-22-4-1-13(8-18(22)27(35)36)7-17-9-16(12-21(26(17)34)30(41)42)25(14-2-5-23(32)19(10-14)28(37)38)15-3-6-24(33)20(11-15)29(39)40;23-16-4-1-10(7-13(16)20(26)27)19(11-2-5-17(24)14(8-11)21(28)29)12-3-6-18(25)15(9-12)22(30)31/h1-8,10-17,36,46-50H,9H2,(H,52,53)(H,54,55)(H,56,57)(H,58,59)(H,60,61)(H,62,63);1-12,25,32-34H,(H,35,36)(H,37,38)(H,39,40)(H,41,42);1-9,23-24H,(H,26,27)(H,28,29)(H,30,31)/b;13-7-;. The van der Waals surface area contributed by atoms with Crippen molar-refractivity contribution < 1.29 is 194 Å². The van der Waals surface area contributed by atoms with Crippen LogP contribution in [0.2, 0.25) is 0 Å². The number of Topliss-reactive ketones (excluding diaryl/α,β-unsaturated/α-hetero) is 1. The molecule has 0 amide bonds. The highest BCUT2D eigenvalue weighted by atomic mass is 16.4. The molecule has 10 aromatic rings. The highest BCUT2D eigenvalue weighted by Crippen LogP contribution is 2.45. The van der Waals surface area contributed by atoms with Crippen LogP contribution < -0.4 is 0 Å². The normalized spacial score (nSPS) is 12.9. The van der Waals surface area contributed by atoms with Gasteiger partial charge in [-0.15, -0.1) is 0 Å². The lowest BCUT2D eigenvalue weighted by Gasteiger charge is -2.23. The quantitative estimate of drug-likeness (QED) is 0.0136. The molecule has 0 radical (unpaired) electrons. The number of carboxylic acid groups (broad SMARTS) is 13. The van der Waals surface area contributed by atoms with Gasteiger partial charge in [-0.05, 0) is 241 Å². The van der Waals surface area contributed by atoms with Gasteiger partial charge in [-0.1, -0.05) is 66.7 Å². The van der Waals surface area contributed by atoms with Crippen LogP contribution in [0.25, 0.3) is 17.2 Å². The molecule has 0 aliphatic heterocycles. The van der Waals surface area contributed by atoms with E-state index in [9.17, 15) is 194 Å². The number of carboxylic acids is 13. The van der Waals surface area contributed by atoms with E-state index in [4.69, 9.17) is 0 Å². The molecule has 0 unspecified atom stereocenters. The molecule has 0 spiro atoms. The molecule has 686 valence electrons. The van der Waals surface area contributed by atoms with E-state index in [-0.39, 0.29) is 94.6 Å². The smallest absolute Gasteiger partial charge is 0.339 e. The van der Waals surface area contributed by atoms with Crippen molar-refractivity contribution >= 4 is 112 Å². The van der Waals surface area contributed by atoms with Crippen molar-refractivity contribution in [3.8, 4) is 57.5 Å². The van der Waals surface area contributed by atoms with Crippen molar-refractivity contribution in [3.05, 3.63) is 380 Å². The first-order valence-electron chi connectivity index (χ1n) is 38.5. The van der Waals surface area contributed by atoms with Crippen molar-refractivity contribution in [2.24, 2.45) is 0 Å². The number of aliphatic carboxylic acids is 3. The Bertz CT molecular complexity index is 7050. The molecule has 3 aliphatic rings. The molecule has 0 aromatic heterocycles. The van der Waals surface area contributed by atoms with Crippen LogP contribution in [0.1, 0.15) is 182 Å². The van der Waals surface area contributed by atoms with Crippen molar-refractivity contribution in [1.82, 2.24) is 0 Å². The molecule has 0 heterocycles. The molecule has 0 atom stereocenters. The van der Waals surface area contributed by atoms with Gasteiger partial charge in [0.25, 0.3) is 0 Å². The monoisotopic (exact) mass is 1850 g/mol. The Morgan fingerprint density at radius 3 is 0.875 bits per heavy atom. The van der Waals surface area contributed by atoms with Gasteiger partial charge in [0, 0.05) is 35.0 Å². The molecule has 23 N–H and O–H groups in total. The van der Waals surface area contributed by atoms with E-state index in [1.54, 1.807) is 0 Å². The summed E-state index contributed by atoms with van der Waals surface area (Å²) in [4.78, 5) is 193. The van der Waals surface area contributed by atoms with E-state index in [0.29, 0.717) is 0 Å². The zero-order valence-electron chi connectivity index (χ0n) is 68.5. The maximum Gasteiger partial charge on any atom is 0.339 e. The molecule has 3 aliphatic carbocycles. The predicted molar refractivity (Wildman–Crippen MR) is 465 cm³/mol. The fraction of sp³-hybridized carbons (Fsp3) is 0.0309. The fourth-order valence-corrected chi connectivity index (χ4v) is 14.7. The number of aromatic carboxylic acids is 10. The first-order chi connectivity index (χ1) is 64.0. The lowest BCUT2D eigenvalue weighted by atomic mass is 9.80.